The fourth-order valence-corrected chi connectivity index (χ4v) is 4.48. The van der Waals surface area contributed by atoms with Crippen LogP contribution in [0, 0.1) is 22.7 Å². The third-order valence-electron chi connectivity index (χ3n) is 5.40. The molecule has 4 atom stereocenters. The van der Waals surface area contributed by atoms with E-state index < -0.39 is 0 Å². The van der Waals surface area contributed by atoms with E-state index in [2.05, 4.69) is 20.8 Å². The molecule has 2 aliphatic carbocycles. The Labute approximate surface area is 105 Å². The molecule has 0 heterocycles. The smallest absolute Gasteiger partial charge is 0.310 e. The molecule has 17 heavy (non-hydrogen) atoms. The standard InChI is InChI=1S/C15H26O2/c1-5-8-9-14(6-2)12(13(16)17-7-3)15(14)10-11(15)4/h11-12H,5-10H2,1-4H3/t11-,12+,14?,15+/m0/s1. The van der Waals surface area contributed by atoms with Crippen molar-refractivity contribution in [2.75, 3.05) is 6.61 Å². The number of unbranched alkanes of at least 4 members (excludes halogenated alkanes) is 1. The first-order valence-corrected chi connectivity index (χ1v) is 7.27. The molecular weight excluding hydrogens is 212 g/mol. The summed E-state index contributed by atoms with van der Waals surface area (Å²) in [5.41, 5.74) is 0.623. The highest BCUT2D eigenvalue weighted by molar-refractivity contribution is 5.80. The first kappa shape index (κ1) is 12.9. The van der Waals surface area contributed by atoms with Gasteiger partial charge in [-0.25, -0.2) is 0 Å². The van der Waals surface area contributed by atoms with Crippen LogP contribution >= 0.6 is 0 Å². The van der Waals surface area contributed by atoms with Gasteiger partial charge in [-0.3, -0.25) is 4.79 Å². The second kappa shape index (κ2) is 4.29. The van der Waals surface area contributed by atoms with Gasteiger partial charge in [0.05, 0.1) is 12.5 Å². The van der Waals surface area contributed by atoms with Gasteiger partial charge in [0, 0.05) is 0 Å². The Hall–Kier alpha value is -0.530. The van der Waals surface area contributed by atoms with Crippen LogP contribution in [0.1, 0.15) is 59.8 Å². The third-order valence-corrected chi connectivity index (χ3v) is 5.40. The second-order valence-corrected chi connectivity index (χ2v) is 5.94. The van der Waals surface area contributed by atoms with E-state index in [1.807, 2.05) is 6.92 Å². The molecular formula is C15H26O2. The van der Waals surface area contributed by atoms with Gasteiger partial charge >= 0.3 is 5.97 Å². The zero-order valence-corrected chi connectivity index (χ0v) is 11.7. The van der Waals surface area contributed by atoms with Crippen molar-refractivity contribution >= 4 is 5.97 Å². The zero-order chi connectivity index (χ0) is 12.7. The van der Waals surface area contributed by atoms with E-state index in [1.165, 1.54) is 25.7 Å². The molecule has 0 aromatic carbocycles. The lowest BCUT2D eigenvalue weighted by molar-refractivity contribution is -0.146. The van der Waals surface area contributed by atoms with E-state index in [0.717, 1.165) is 12.3 Å². The zero-order valence-electron chi connectivity index (χ0n) is 11.7. The minimum Gasteiger partial charge on any atom is -0.466 e. The van der Waals surface area contributed by atoms with E-state index in [-0.39, 0.29) is 17.3 Å². The van der Waals surface area contributed by atoms with Gasteiger partial charge in [-0.1, -0.05) is 33.6 Å². The molecule has 2 rings (SSSR count). The minimum atomic E-state index is 0.0785. The molecule has 1 spiro atoms. The molecule has 2 heteroatoms. The normalized spacial score (nSPS) is 42.6. The number of esters is 1. The summed E-state index contributed by atoms with van der Waals surface area (Å²) in [6, 6.07) is 0. The van der Waals surface area contributed by atoms with Crippen LogP contribution in [0.2, 0.25) is 0 Å². The summed E-state index contributed by atoms with van der Waals surface area (Å²) >= 11 is 0. The van der Waals surface area contributed by atoms with Crippen molar-refractivity contribution in [1.82, 2.24) is 0 Å². The molecule has 0 saturated heterocycles. The maximum absolute atomic E-state index is 12.1. The van der Waals surface area contributed by atoms with Crippen LogP contribution in [0.5, 0.6) is 0 Å². The summed E-state index contributed by atoms with van der Waals surface area (Å²) in [5, 5.41) is 0. The Morgan fingerprint density at radius 3 is 2.41 bits per heavy atom. The van der Waals surface area contributed by atoms with Crippen molar-refractivity contribution in [2.45, 2.75) is 59.8 Å². The topological polar surface area (TPSA) is 26.3 Å². The van der Waals surface area contributed by atoms with E-state index in [9.17, 15) is 4.79 Å². The van der Waals surface area contributed by atoms with Crippen LogP contribution in [0.3, 0.4) is 0 Å². The van der Waals surface area contributed by atoms with Crippen molar-refractivity contribution in [2.24, 2.45) is 22.7 Å². The second-order valence-electron chi connectivity index (χ2n) is 5.94. The summed E-state index contributed by atoms with van der Waals surface area (Å²) < 4.78 is 5.29. The summed E-state index contributed by atoms with van der Waals surface area (Å²) in [5.74, 6) is 1.02. The van der Waals surface area contributed by atoms with Gasteiger partial charge in [0.2, 0.25) is 0 Å². The first-order chi connectivity index (χ1) is 8.10. The molecule has 2 fully saturated rings. The van der Waals surface area contributed by atoms with Gasteiger partial charge in [0.25, 0.3) is 0 Å². The summed E-state index contributed by atoms with van der Waals surface area (Å²) in [4.78, 5) is 12.1. The molecule has 0 bridgehead atoms. The SMILES string of the molecule is CCCCC1(CC)[C@@H](C(=O)OCC)[C@]12C[C@@H]2C. The largest absolute Gasteiger partial charge is 0.466 e. The molecule has 1 unspecified atom stereocenters. The molecule has 0 N–H and O–H groups in total. The molecule has 0 aromatic heterocycles. The lowest BCUT2D eigenvalue weighted by Gasteiger charge is -2.15. The predicted molar refractivity (Wildman–Crippen MR) is 68.6 cm³/mol. The molecule has 0 amide bonds. The molecule has 0 aromatic rings. The highest BCUT2D eigenvalue weighted by atomic mass is 16.5. The monoisotopic (exact) mass is 238 g/mol. The van der Waals surface area contributed by atoms with Crippen LogP contribution in [-0.2, 0) is 9.53 Å². The van der Waals surface area contributed by atoms with Gasteiger partial charge in [-0.15, -0.1) is 0 Å². The maximum Gasteiger partial charge on any atom is 0.310 e. The van der Waals surface area contributed by atoms with Crippen LogP contribution in [-0.4, -0.2) is 12.6 Å². The van der Waals surface area contributed by atoms with Crippen LogP contribution in [0.15, 0.2) is 0 Å². The minimum absolute atomic E-state index is 0.0785. The van der Waals surface area contributed by atoms with E-state index in [0.29, 0.717) is 12.0 Å². The van der Waals surface area contributed by atoms with Crippen molar-refractivity contribution in [1.29, 1.82) is 0 Å². The molecule has 0 aliphatic heterocycles. The van der Waals surface area contributed by atoms with E-state index >= 15 is 0 Å². The molecule has 2 saturated carbocycles. The van der Waals surface area contributed by atoms with Crippen molar-refractivity contribution in [3.8, 4) is 0 Å². The predicted octanol–water partition coefficient (Wildman–Crippen LogP) is 3.79. The van der Waals surface area contributed by atoms with Gasteiger partial charge < -0.3 is 4.74 Å². The Balaban J connectivity index is 2.12. The van der Waals surface area contributed by atoms with Crippen LogP contribution < -0.4 is 0 Å². The van der Waals surface area contributed by atoms with Gasteiger partial charge in [-0.2, -0.15) is 0 Å². The van der Waals surface area contributed by atoms with Crippen molar-refractivity contribution in [3.63, 3.8) is 0 Å². The van der Waals surface area contributed by atoms with Crippen LogP contribution in [0.4, 0.5) is 0 Å². The summed E-state index contributed by atoms with van der Waals surface area (Å²) in [6.45, 7) is 9.21. The molecule has 0 radical (unpaired) electrons. The average molecular weight is 238 g/mol. The average Bonchev–Trinajstić information content (AvgIpc) is 3.13. The fourth-order valence-electron chi connectivity index (χ4n) is 4.48. The van der Waals surface area contributed by atoms with Gasteiger partial charge in [-0.05, 0) is 42.9 Å². The Morgan fingerprint density at radius 2 is 2.00 bits per heavy atom. The Morgan fingerprint density at radius 1 is 1.35 bits per heavy atom. The van der Waals surface area contributed by atoms with Gasteiger partial charge in [0.15, 0.2) is 0 Å². The summed E-state index contributed by atoms with van der Waals surface area (Å²) in [6.07, 6.45) is 6.07. The summed E-state index contributed by atoms with van der Waals surface area (Å²) in [7, 11) is 0. The van der Waals surface area contributed by atoms with E-state index in [1.54, 1.807) is 0 Å². The van der Waals surface area contributed by atoms with E-state index in [4.69, 9.17) is 4.74 Å². The third kappa shape index (κ3) is 1.56. The number of ether oxygens (including phenoxy) is 1. The number of carbonyl (C=O) groups excluding carboxylic acids is 1. The number of hydrogen-bond acceptors (Lipinski definition) is 2. The van der Waals surface area contributed by atoms with Crippen molar-refractivity contribution in [3.05, 3.63) is 0 Å². The first-order valence-electron chi connectivity index (χ1n) is 7.27. The van der Waals surface area contributed by atoms with Crippen LogP contribution in [0.25, 0.3) is 0 Å². The molecule has 2 aliphatic rings. The Bertz CT molecular complexity index is 312. The maximum atomic E-state index is 12.1. The van der Waals surface area contributed by atoms with Gasteiger partial charge in [0.1, 0.15) is 0 Å². The number of carbonyl (C=O) groups is 1. The lowest BCUT2D eigenvalue weighted by Crippen LogP contribution is -2.13. The fraction of sp³-hybridized carbons (Fsp3) is 0.933. The highest BCUT2D eigenvalue weighted by Gasteiger charge is 2.86. The quantitative estimate of drug-likeness (QED) is 0.658. The Kier molecular flexibility index (Phi) is 3.26. The molecule has 98 valence electrons. The van der Waals surface area contributed by atoms with Crippen molar-refractivity contribution < 1.29 is 9.53 Å². The number of rotatable bonds is 6. The lowest BCUT2D eigenvalue weighted by atomic mass is 9.90. The highest BCUT2D eigenvalue weighted by Crippen LogP contribution is 2.87. The number of hydrogen-bond donors (Lipinski definition) is 0. The molecule has 2 nitrogen and oxygen atoms in total.